The first-order chi connectivity index (χ1) is 17.0. The highest BCUT2D eigenvalue weighted by molar-refractivity contribution is 7.86. The van der Waals surface area contributed by atoms with Crippen LogP contribution in [0, 0.1) is 23.2 Å². The van der Waals surface area contributed by atoms with E-state index in [1.54, 1.807) is 0 Å². The molecule has 0 aliphatic carbocycles. The molecule has 3 fully saturated rings. The summed E-state index contributed by atoms with van der Waals surface area (Å²) in [5, 5.41) is 11.5. The maximum Gasteiger partial charge on any atom is 0.416 e. The highest BCUT2D eigenvalue weighted by atomic mass is 32.2. The lowest BCUT2D eigenvalue weighted by Gasteiger charge is -2.41. The van der Waals surface area contributed by atoms with Gasteiger partial charge in [0.15, 0.2) is 0 Å². The SMILES string of the molecule is N#CC1CN(S(=O)(=O)N2CCC[C@H](C(=O)N3CCC[C@@H]3C(=O)NCc3ccccc3C(F)(F)F)C2)C1. The van der Waals surface area contributed by atoms with Gasteiger partial charge in [0.2, 0.25) is 11.8 Å². The Bertz CT molecular complexity index is 1150. The monoisotopic (exact) mass is 527 g/mol. The van der Waals surface area contributed by atoms with Gasteiger partial charge in [-0.15, -0.1) is 0 Å². The standard InChI is InChI=1S/C23H28F3N5O4S/c24-23(25,26)19-7-2-1-5-17(19)12-28-21(32)20-8-4-10-31(20)22(33)18-6-3-9-29(15-18)36(34,35)30-13-16(11-27)14-30/h1-2,5,7,16,18,20H,3-4,6,8-10,12-15H2,(H,28,32)/t18-,20+/m0/s1. The van der Waals surface area contributed by atoms with Gasteiger partial charge in [0, 0.05) is 39.3 Å². The molecule has 13 heteroatoms. The van der Waals surface area contributed by atoms with Crippen molar-refractivity contribution in [2.75, 3.05) is 32.7 Å². The number of carbonyl (C=O) groups is 2. The lowest BCUT2D eigenvalue weighted by molar-refractivity contribution is -0.142. The van der Waals surface area contributed by atoms with Gasteiger partial charge in [-0.05, 0) is 37.3 Å². The molecule has 3 aliphatic rings. The number of hydrogen-bond donors (Lipinski definition) is 1. The lowest BCUT2D eigenvalue weighted by Crippen LogP contribution is -2.57. The second-order valence-electron chi connectivity index (χ2n) is 9.41. The Balaban J connectivity index is 1.38. The van der Waals surface area contributed by atoms with Gasteiger partial charge in [-0.1, -0.05) is 18.2 Å². The summed E-state index contributed by atoms with van der Waals surface area (Å²) >= 11 is 0. The number of halogens is 3. The average molecular weight is 528 g/mol. The summed E-state index contributed by atoms with van der Waals surface area (Å²) in [6.45, 7) is 0.567. The molecule has 3 heterocycles. The minimum atomic E-state index is -4.55. The number of piperidine rings is 1. The van der Waals surface area contributed by atoms with Crippen molar-refractivity contribution in [2.45, 2.75) is 44.4 Å². The number of nitriles is 1. The molecule has 0 unspecified atom stereocenters. The van der Waals surface area contributed by atoms with Crippen molar-refractivity contribution in [1.29, 1.82) is 5.26 Å². The molecule has 1 aromatic carbocycles. The fourth-order valence-corrected chi connectivity index (χ4v) is 6.81. The average Bonchev–Trinajstić information content (AvgIpc) is 3.31. The molecular weight excluding hydrogens is 499 g/mol. The van der Waals surface area contributed by atoms with Crippen molar-refractivity contribution in [3.63, 3.8) is 0 Å². The van der Waals surface area contributed by atoms with E-state index in [1.165, 1.54) is 31.7 Å². The van der Waals surface area contributed by atoms with Crippen molar-refractivity contribution in [3.8, 4) is 6.07 Å². The third-order valence-corrected chi connectivity index (χ3v) is 8.97. The van der Waals surface area contributed by atoms with Gasteiger partial charge in [0.05, 0.1) is 23.5 Å². The summed E-state index contributed by atoms with van der Waals surface area (Å²) in [5.74, 6) is -1.78. The number of carbonyl (C=O) groups excluding carboxylic acids is 2. The van der Waals surface area contributed by atoms with E-state index in [4.69, 9.17) is 5.26 Å². The molecule has 9 nitrogen and oxygen atoms in total. The summed E-state index contributed by atoms with van der Waals surface area (Å²) in [6.07, 6.45) is -2.62. The van der Waals surface area contributed by atoms with Gasteiger partial charge in [0.1, 0.15) is 6.04 Å². The minimum absolute atomic E-state index is 0.00131. The molecule has 1 N–H and O–H groups in total. The van der Waals surface area contributed by atoms with E-state index in [9.17, 15) is 31.2 Å². The normalized spacial score (nSPS) is 24.2. The maximum atomic E-state index is 13.3. The van der Waals surface area contributed by atoms with Crippen LogP contribution in [0.1, 0.15) is 36.8 Å². The molecule has 0 aromatic heterocycles. The highest BCUT2D eigenvalue weighted by Gasteiger charge is 2.44. The molecule has 3 aliphatic heterocycles. The number of likely N-dealkylation sites (tertiary alicyclic amines) is 1. The molecular formula is C23H28F3N5O4S. The summed E-state index contributed by atoms with van der Waals surface area (Å²) in [5.41, 5.74) is -0.886. The van der Waals surface area contributed by atoms with Gasteiger partial charge in [0.25, 0.3) is 10.2 Å². The van der Waals surface area contributed by atoms with Crippen LogP contribution in [0.4, 0.5) is 13.2 Å². The Morgan fingerprint density at radius 1 is 1.06 bits per heavy atom. The number of hydrogen-bond acceptors (Lipinski definition) is 5. The molecule has 196 valence electrons. The van der Waals surface area contributed by atoms with E-state index in [1.807, 2.05) is 6.07 Å². The first-order valence-electron chi connectivity index (χ1n) is 11.9. The second kappa shape index (κ2) is 10.4. The topological polar surface area (TPSA) is 114 Å². The molecule has 0 saturated carbocycles. The van der Waals surface area contributed by atoms with Gasteiger partial charge >= 0.3 is 6.18 Å². The van der Waals surface area contributed by atoms with Gasteiger partial charge < -0.3 is 10.2 Å². The number of alkyl halides is 3. The van der Waals surface area contributed by atoms with Crippen LogP contribution in [0.5, 0.6) is 0 Å². The lowest BCUT2D eigenvalue weighted by atomic mass is 9.97. The summed E-state index contributed by atoms with van der Waals surface area (Å²) in [6, 6.07) is 6.23. The summed E-state index contributed by atoms with van der Waals surface area (Å²) in [4.78, 5) is 27.6. The molecule has 2 atom stereocenters. The van der Waals surface area contributed by atoms with Crippen molar-refractivity contribution in [3.05, 3.63) is 35.4 Å². The van der Waals surface area contributed by atoms with Crippen molar-refractivity contribution < 1.29 is 31.2 Å². The Hall–Kier alpha value is -2.69. The molecule has 0 radical (unpaired) electrons. The number of rotatable bonds is 6. The van der Waals surface area contributed by atoms with Crippen molar-refractivity contribution in [2.24, 2.45) is 11.8 Å². The van der Waals surface area contributed by atoms with E-state index >= 15 is 0 Å². The third kappa shape index (κ3) is 5.35. The molecule has 1 aromatic rings. The molecule has 3 saturated heterocycles. The maximum absolute atomic E-state index is 13.3. The quantitative estimate of drug-likeness (QED) is 0.605. The Morgan fingerprint density at radius 3 is 2.44 bits per heavy atom. The first-order valence-corrected chi connectivity index (χ1v) is 13.3. The van der Waals surface area contributed by atoms with E-state index < -0.39 is 39.8 Å². The minimum Gasteiger partial charge on any atom is -0.350 e. The molecule has 36 heavy (non-hydrogen) atoms. The van der Waals surface area contributed by atoms with Gasteiger partial charge in [-0.2, -0.15) is 35.5 Å². The van der Waals surface area contributed by atoms with Gasteiger partial charge in [-0.3, -0.25) is 9.59 Å². The zero-order valence-corrected chi connectivity index (χ0v) is 20.4. The van der Waals surface area contributed by atoms with Crippen LogP contribution in [-0.2, 0) is 32.5 Å². The van der Waals surface area contributed by atoms with E-state index in [0.29, 0.717) is 32.2 Å². The molecule has 2 amide bonds. The van der Waals surface area contributed by atoms with Crippen LogP contribution in [-0.4, -0.2) is 72.5 Å². The summed E-state index contributed by atoms with van der Waals surface area (Å²) in [7, 11) is -3.77. The van der Waals surface area contributed by atoms with E-state index in [-0.39, 0.29) is 50.1 Å². The molecule has 0 spiro atoms. The van der Waals surface area contributed by atoms with Crippen molar-refractivity contribution in [1.82, 2.24) is 18.8 Å². The number of nitrogens with one attached hydrogen (secondary N) is 1. The van der Waals surface area contributed by atoms with Crippen LogP contribution in [0.3, 0.4) is 0 Å². The molecule has 0 bridgehead atoms. The Morgan fingerprint density at radius 2 is 1.75 bits per heavy atom. The van der Waals surface area contributed by atoms with Crippen molar-refractivity contribution >= 4 is 22.0 Å². The Labute approximate surface area is 208 Å². The predicted molar refractivity (Wildman–Crippen MR) is 122 cm³/mol. The highest BCUT2D eigenvalue weighted by Crippen LogP contribution is 2.32. The fraction of sp³-hybridized carbons (Fsp3) is 0.609. The van der Waals surface area contributed by atoms with Crippen LogP contribution in [0.2, 0.25) is 0 Å². The predicted octanol–water partition coefficient (Wildman–Crippen LogP) is 1.72. The molecule has 4 rings (SSSR count). The Kier molecular flexibility index (Phi) is 7.59. The van der Waals surface area contributed by atoms with Gasteiger partial charge in [-0.25, -0.2) is 0 Å². The first kappa shape index (κ1) is 26.4. The fourth-order valence-electron chi connectivity index (χ4n) is 5.01. The third-order valence-electron chi connectivity index (χ3n) is 7.03. The second-order valence-corrected chi connectivity index (χ2v) is 11.3. The largest absolute Gasteiger partial charge is 0.416 e. The number of benzene rings is 1. The van der Waals surface area contributed by atoms with Crippen LogP contribution >= 0.6 is 0 Å². The zero-order valence-electron chi connectivity index (χ0n) is 19.6. The van der Waals surface area contributed by atoms with Crippen LogP contribution in [0.15, 0.2) is 24.3 Å². The number of nitrogens with zero attached hydrogens (tertiary/aromatic N) is 4. The summed E-state index contributed by atoms with van der Waals surface area (Å²) < 4.78 is 68.0. The van der Waals surface area contributed by atoms with E-state index in [0.717, 1.165) is 6.07 Å². The zero-order chi connectivity index (χ0) is 26.1. The van der Waals surface area contributed by atoms with Crippen LogP contribution in [0.25, 0.3) is 0 Å². The smallest absolute Gasteiger partial charge is 0.350 e. The van der Waals surface area contributed by atoms with E-state index in [2.05, 4.69) is 5.32 Å². The number of amides is 2. The van der Waals surface area contributed by atoms with Crippen LogP contribution < -0.4 is 5.32 Å².